The van der Waals surface area contributed by atoms with Gasteiger partial charge in [0, 0.05) is 19.2 Å². The average Bonchev–Trinajstić information content (AvgIpc) is 2.66. The topological polar surface area (TPSA) is 34.1 Å². The van der Waals surface area contributed by atoms with Gasteiger partial charge in [-0.1, -0.05) is 59.0 Å². The third kappa shape index (κ3) is 6.76. The molecule has 0 heterocycles. The van der Waals surface area contributed by atoms with Crippen LogP contribution >= 0.6 is 22.6 Å². The van der Waals surface area contributed by atoms with E-state index >= 15 is 0 Å². The molecule has 0 fully saturated rings. The van der Waals surface area contributed by atoms with Crippen LogP contribution in [-0.4, -0.2) is 29.6 Å². The molecule has 0 N–H and O–H groups in total. The standard InChI is InChI=1S/C20H25IN2O2/c1-3-24-20(16-21)25-17(2)14-15-22-23(18-10-6-4-7-11-18)19-12-8-5-9-13-19/h4-13,15,17,20H,3,14,16H2,1-2H3/b22-15+/t17-,20?/m0/s1. The van der Waals surface area contributed by atoms with Crippen molar-refractivity contribution in [1.29, 1.82) is 0 Å². The van der Waals surface area contributed by atoms with E-state index in [-0.39, 0.29) is 12.4 Å². The van der Waals surface area contributed by atoms with Crippen LogP contribution in [-0.2, 0) is 9.47 Å². The van der Waals surface area contributed by atoms with Crippen molar-refractivity contribution in [2.24, 2.45) is 5.10 Å². The van der Waals surface area contributed by atoms with Crippen molar-refractivity contribution in [1.82, 2.24) is 0 Å². The molecule has 1 unspecified atom stereocenters. The summed E-state index contributed by atoms with van der Waals surface area (Å²) < 4.78 is 12.2. The normalized spacial score (nSPS) is 13.7. The molecule has 0 aliphatic carbocycles. The molecule has 4 nitrogen and oxygen atoms in total. The fraction of sp³-hybridized carbons (Fsp3) is 0.350. The Bertz CT molecular complexity index is 583. The molecule has 0 spiro atoms. The SMILES string of the molecule is CCOC(CI)O[C@@H](C)C/C=N/N(c1ccccc1)c1ccccc1. The molecule has 0 radical (unpaired) electrons. The highest BCUT2D eigenvalue weighted by atomic mass is 127. The Morgan fingerprint density at radius 3 is 2.08 bits per heavy atom. The number of rotatable bonds is 10. The number of benzene rings is 2. The van der Waals surface area contributed by atoms with Gasteiger partial charge in [-0.2, -0.15) is 5.10 Å². The molecule has 0 saturated heterocycles. The molecule has 2 aromatic carbocycles. The second kappa shape index (κ2) is 11.2. The van der Waals surface area contributed by atoms with Gasteiger partial charge in [0.25, 0.3) is 0 Å². The quantitative estimate of drug-likeness (QED) is 0.159. The van der Waals surface area contributed by atoms with Crippen LogP contribution in [0.4, 0.5) is 11.4 Å². The number of hydrogen-bond acceptors (Lipinski definition) is 4. The summed E-state index contributed by atoms with van der Waals surface area (Å²) in [6, 6.07) is 20.3. The van der Waals surface area contributed by atoms with Crippen molar-refractivity contribution in [3.8, 4) is 0 Å². The van der Waals surface area contributed by atoms with Crippen LogP contribution in [0.3, 0.4) is 0 Å². The zero-order valence-corrected chi connectivity index (χ0v) is 16.9. The van der Waals surface area contributed by atoms with Gasteiger partial charge in [-0.15, -0.1) is 0 Å². The minimum atomic E-state index is -0.159. The first-order valence-corrected chi connectivity index (χ1v) is 10.0. The van der Waals surface area contributed by atoms with Crippen molar-refractivity contribution in [2.75, 3.05) is 16.0 Å². The largest absolute Gasteiger partial charge is 0.352 e. The minimum absolute atomic E-state index is 0.0449. The Balaban J connectivity index is 2.03. The van der Waals surface area contributed by atoms with Crippen molar-refractivity contribution >= 4 is 40.2 Å². The zero-order valence-electron chi connectivity index (χ0n) is 14.7. The molecule has 2 rings (SSSR count). The summed E-state index contributed by atoms with van der Waals surface area (Å²) in [5.74, 6) is 0. The van der Waals surface area contributed by atoms with Crippen molar-refractivity contribution in [2.45, 2.75) is 32.7 Å². The molecular weight excluding hydrogens is 427 g/mol. The molecule has 0 aliphatic heterocycles. The summed E-state index contributed by atoms with van der Waals surface area (Å²) in [4.78, 5) is 0. The van der Waals surface area contributed by atoms with Gasteiger partial charge < -0.3 is 9.47 Å². The number of para-hydroxylation sites is 2. The van der Waals surface area contributed by atoms with Crippen LogP contribution in [0.25, 0.3) is 0 Å². The fourth-order valence-corrected chi connectivity index (χ4v) is 2.78. The monoisotopic (exact) mass is 452 g/mol. The summed E-state index contributed by atoms with van der Waals surface area (Å²) in [6.45, 7) is 4.68. The van der Waals surface area contributed by atoms with Gasteiger partial charge in [-0.05, 0) is 38.1 Å². The van der Waals surface area contributed by atoms with E-state index in [9.17, 15) is 0 Å². The zero-order chi connectivity index (χ0) is 17.9. The van der Waals surface area contributed by atoms with Crippen LogP contribution in [0.15, 0.2) is 65.8 Å². The fourth-order valence-electron chi connectivity index (χ4n) is 2.32. The second-order valence-corrected chi connectivity index (χ2v) is 6.38. The highest BCUT2D eigenvalue weighted by Gasteiger charge is 2.12. The molecule has 5 heteroatoms. The van der Waals surface area contributed by atoms with E-state index in [4.69, 9.17) is 9.47 Å². The van der Waals surface area contributed by atoms with Gasteiger partial charge in [0.1, 0.15) is 0 Å². The van der Waals surface area contributed by atoms with Gasteiger partial charge in [-0.3, -0.25) is 0 Å². The average molecular weight is 452 g/mol. The summed E-state index contributed by atoms with van der Waals surface area (Å²) in [5.41, 5.74) is 2.05. The molecule has 2 aromatic rings. The lowest BCUT2D eigenvalue weighted by Crippen LogP contribution is -2.24. The lowest BCUT2D eigenvalue weighted by atomic mass is 10.2. The number of hydrogen-bond donors (Lipinski definition) is 0. The minimum Gasteiger partial charge on any atom is -0.352 e. The van der Waals surface area contributed by atoms with E-state index in [1.54, 1.807) is 0 Å². The lowest BCUT2D eigenvalue weighted by Gasteiger charge is -2.21. The Kier molecular flexibility index (Phi) is 8.93. The highest BCUT2D eigenvalue weighted by molar-refractivity contribution is 14.1. The van der Waals surface area contributed by atoms with Crippen LogP contribution < -0.4 is 5.01 Å². The first-order valence-electron chi connectivity index (χ1n) is 8.50. The van der Waals surface area contributed by atoms with Gasteiger partial charge >= 0.3 is 0 Å². The number of anilines is 2. The summed E-state index contributed by atoms with van der Waals surface area (Å²) >= 11 is 2.28. The van der Waals surface area contributed by atoms with Crippen molar-refractivity contribution < 1.29 is 9.47 Å². The van der Waals surface area contributed by atoms with E-state index in [0.717, 1.165) is 22.2 Å². The van der Waals surface area contributed by atoms with E-state index in [1.165, 1.54) is 0 Å². The maximum Gasteiger partial charge on any atom is 0.166 e. The predicted octanol–water partition coefficient (Wildman–Crippen LogP) is 5.40. The van der Waals surface area contributed by atoms with Gasteiger partial charge in [0.05, 0.1) is 21.9 Å². The molecule has 2 atom stereocenters. The number of nitrogens with zero attached hydrogens (tertiary/aromatic N) is 2. The predicted molar refractivity (Wildman–Crippen MR) is 113 cm³/mol. The first kappa shape index (κ1) is 19.9. The number of halogens is 1. The molecule has 134 valence electrons. The first-order chi connectivity index (χ1) is 12.2. The van der Waals surface area contributed by atoms with Gasteiger partial charge in [0.15, 0.2) is 6.29 Å². The molecule has 0 aliphatic rings. The van der Waals surface area contributed by atoms with Crippen LogP contribution in [0.2, 0.25) is 0 Å². The van der Waals surface area contributed by atoms with E-state index in [1.807, 2.05) is 85.7 Å². The van der Waals surface area contributed by atoms with Crippen LogP contribution in [0, 0.1) is 0 Å². The van der Waals surface area contributed by atoms with Crippen LogP contribution in [0.1, 0.15) is 20.3 Å². The van der Waals surface area contributed by atoms with Crippen LogP contribution in [0.5, 0.6) is 0 Å². The smallest absolute Gasteiger partial charge is 0.166 e. The molecular formula is C20H25IN2O2. The second-order valence-electron chi connectivity index (χ2n) is 5.50. The lowest BCUT2D eigenvalue weighted by molar-refractivity contribution is -0.145. The number of ether oxygens (including phenoxy) is 2. The molecule has 0 bridgehead atoms. The van der Waals surface area contributed by atoms with E-state index < -0.39 is 0 Å². The highest BCUT2D eigenvalue weighted by Crippen LogP contribution is 2.25. The number of alkyl halides is 1. The maximum atomic E-state index is 5.89. The molecule has 0 amide bonds. The molecule has 0 aromatic heterocycles. The Hall–Kier alpha value is -1.44. The van der Waals surface area contributed by atoms with E-state index in [0.29, 0.717) is 6.61 Å². The number of hydrazone groups is 1. The van der Waals surface area contributed by atoms with Crippen molar-refractivity contribution in [3.63, 3.8) is 0 Å². The maximum absolute atomic E-state index is 5.89. The van der Waals surface area contributed by atoms with Gasteiger partial charge in [0.2, 0.25) is 0 Å². The Morgan fingerprint density at radius 1 is 1.04 bits per heavy atom. The summed E-state index contributed by atoms with van der Waals surface area (Å²) in [7, 11) is 0. The third-order valence-corrected chi connectivity index (χ3v) is 4.22. The summed E-state index contributed by atoms with van der Waals surface area (Å²) in [5, 5.41) is 6.60. The van der Waals surface area contributed by atoms with E-state index in [2.05, 4.69) is 27.7 Å². The molecule has 0 saturated carbocycles. The third-order valence-electron chi connectivity index (χ3n) is 3.50. The molecule has 25 heavy (non-hydrogen) atoms. The summed E-state index contributed by atoms with van der Waals surface area (Å²) in [6.07, 6.45) is 2.51. The Morgan fingerprint density at radius 2 is 1.60 bits per heavy atom. The Labute approximate surface area is 164 Å². The van der Waals surface area contributed by atoms with Gasteiger partial charge in [-0.25, -0.2) is 5.01 Å². The van der Waals surface area contributed by atoms with Crippen molar-refractivity contribution in [3.05, 3.63) is 60.7 Å².